The zero-order chi connectivity index (χ0) is 15.3. The average Bonchev–Trinajstić information content (AvgIpc) is 2.49. The maximum absolute atomic E-state index is 12.4. The molecule has 0 aliphatic heterocycles. The third-order valence-electron chi connectivity index (χ3n) is 2.95. The number of benzene rings is 2. The van der Waals surface area contributed by atoms with Crippen molar-refractivity contribution >= 4 is 31.6 Å². The van der Waals surface area contributed by atoms with Crippen LogP contribution in [0.2, 0.25) is 0 Å². The summed E-state index contributed by atoms with van der Waals surface area (Å²) < 4.78 is 32.5. The van der Waals surface area contributed by atoms with E-state index in [4.69, 9.17) is 4.74 Å². The van der Waals surface area contributed by atoms with Gasteiger partial charge < -0.3 is 4.74 Å². The zero-order valence-corrected chi connectivity index (χ0v) is 13.9. The molecule has 2 aromatic rings. The second kappa shape index (κ2) is 7.06. The first kappa shape index (κ1) is 16.0. The van der Waals surface area contributed by atoms with E-state index in [0.29, 0.717) is 17.6 Å². The van der Waals surface area contributed by atoms with Gasteiger partial charge in [-0.25, -0.2) is 8.42 Å². The van der Waals surface area contributed by atoms with Crippen LogP contribution in [0.1, 0.15) is 11.1 Å². The monoisotopic (exact) mass is 369 g/mol. The van der Waals surface area contributed by atoms with Crippen molar-refractivity contribution in [3.63, 3.8) is 0 Å². The Morgan fingerprint density at radius 1 is 1.10 bits per heavy atom. The van der Waals surface area contributed by atoms with Crippen molar-refractivity contribution < 1.29 is 13.2 Å². The molecule has 0 aromatic heterocycles. The van der Waals surface area contributed by atoms with Crippen molar-refractivity contribution in [2.45, 2.75) is 16.8 Å². The number of hydrogen-bond acceptors (Lipinski definition) is 3. The minimum atomic E-state index is -3.60. The van der Waals surface area contributed by atoms with Gasteiger partial charge in [0.25, 0.3) is 10.0 Å². The average molecular weight is 370 g/mol. The molecule has 0 bridgehead atoms. The van der Waals surface area contributed by atoms with E-state index in [1.165, 1.54) is 0 Å². The Morgan fingerprint density at radius 3 is 2.38 bits per heavy atom. The van der Waals surface area contributed by atoms with Crippen LogP contribution in [-0.4, -0.2) is 15.5 Å². The fraction of sp³-hybridized carbons (Fsp3) is 0.200. The van der Waals surface area contributed by atoms with E-state index in [2.05, 4.69) is 20.7 Å². The molecule has 112 valence electrons. The Morgan fingerprint density at radius 2 is 1.76 bits per heavy atom. The van der Waals surface area contributed by atoms with Crippen LogP contribution in [0.5, 0.6) is 0 Å². The van der Waals surface area contributed by atoms with Crippen molar-refractivity contribution in [1.29, 1.82) is 0 Å². The molecule has 0 amide bonds. The lowest BCUT2D eigenvalue weighted by molar-refractivity contribution is 0.185. The van der Waals surface area contributed by atoms with Gasteiger partial charge in [-0.15, -0.1) is 0 Å². The molecule has 1 N–H and O–H groups in total. The predicted molar refractivity (Wildman–Crippen MR) is 87.0 cm³/mol. The molecule has 2 aromatic carbocycles. The number of hydrogen-bond donors (Lipinski definition) is 1. The molecular weight excluding hydrogens is 354 g/mol. The second-order valence-electron chi connectivity index (χ2n) is 4.47. The lowest BCUT2D eigenvalue weighted by atomic mass is 10.2. The number of ether oxygens (including phenoxy) is 1. The molecule has 0 aliphatic carbocycles. The molecule has 2 rings (SSSR count). The minimum Gasteiger partial charge on any atom is -0.380 e. The summed E-state index contributed by atoms with van der Waals surface area (Å²) in [5.41, 5.74) is 2.35. The smallest absolute Gasteiger partial charge is 0.261 e. The maximum Gasteiger partial charge on any atom is 0.261 e. The van der Waals surface area contributed by atoms with Gasteiger partial charge in [-0.1, -0.05) is 46.3 Å². The van der Waals surface area contributed by atoms with Gasteiger partial charge in [-0.05, 0) is 23.8 Å². The molecule has 0 unspecified atom stereocenters. The van der Waals surface area contributed by atoms with Crippen LogP contribution < -0.4 is 4.72 Å². The van der Waals surface area contributed by atoms with Crippen molar-refractivity contribution in [3.8, 4) is 0 Å². The van der Waals surface area contributed by atoms with Gasteiger partial charge in [0.1, 0.15) is 0 Å². The molecule has 0 saturated heterocycles. The first-order valence-electron chi connectivity index (χ1n) is 6.31. The number of rotatable bonds is 6. The largest absolute Gasteiger partial charge is 0.380 e. The van der Waals surface area contributed by atoms with Gasteiger partial charge in [-0.3, -0.25) is 4.72 Å². The Hall–Kier alpha value is -1.37. The van der Waals surface area contributed by atoms with Crippen LogP contribution in [0.25, 0.3) is 0 Å². The molecule has 0 atom stereocenters. The van der Waals surface area contributed by atoms with Gasteiger partial charge in [0.15, 0.2) is 0 Å². The molecule has 21 heavy (non-hydrogen) atoms. The summed E-state index contributed by atoms with van der Waals surface area (Å²) in [5.74, 6) is 0. The summed E-state index contributed by atoms with van der Waals surface area (Å²) in [6.07, 6.45) is 0. The summed E-state index contributed by atoms with van der Waals surface area (Å²) in [6, 6.07) is 13.9. The molecule has 6 heteroatoms. The third-order valence-corrected chi connectivity index (χ3v) is 4.98. The summed E-state index contributed by atoms with van der Waals surface area (Å²) in [7, 11) is -2.03. The Bertz CT molecular complexity index is 699. The fourth-order valence-electron chi connectivity index (χ4n) is 1.86. The van der Waals surface area contributed by atoms with Gasteiger partial charge in [0, 0.05) is 18.0 Å². The summed E-state index contributed by atoms with van der Waals surface area (Å²) in [6.45, 7) is 0.348. The standard InChI is InChI=1S/C15H16BrNO3S/c1-20-11-13-4-2-3-5-15(13)17-21(18,19)14-8-6-12(10-16)7-9-14/h2-9,17H,10-11H2,1H3. The lowest BCUT2D eigenvalue weighted by Crippen LogP contribution is -2.14. The van der Waals surface area contributed by atoms with E-state index in [9.17, 15) is 8.42 Å². The van der Waals surface area contributed by atoms with Crippen LogP contribution in [0, 0.1) is 0 Å². The van der Waals surface area contributed by atoms with E-state index >= 15 is 0 Å². The molecule has 0 saturated carbocycles. The van der Waals surface area contributed by atoms with Crippen LogP contribution in [0.15, 0.2) is 53.4 Å². The molecular formula is C15H16BrNO3S. The Kier molecular flexibility index (Phi) is 5.39. The number of halogens is 1. The van der Waals surface area contributed by atoms with E-state index in [-0.39, 0.29) is 4.90 Å². The number of anilines is 1. The normalized spacial score (nSPS) is 11.3. The predicted octanol–water partition coefficient (Wildman–Crippen LogP) is 3.53. The molecule has 0 radical (unpaired) electrons. The highest BCUT2D eigenvalue weighted by atomic mass is 79.9. The van der Waals surface area contributed by atoms with E-state index in [0.717, 1.165) is 11.1 Å². The highest BCUT2D eigenvalue weighted by Crippen LogP contribution is 2.21. The topological polar surface area (TPSA) is 55.4 Å². The van der Waals surface area contributed by atoms with Crippen LogP contribution in [0.3, 0.4) is 0 Å². The van der Waals surface area contributed by atoms with Gasteiger partial charge in [0.2, 0.25) is 0 Å². The number of methoxy groups -OCH3 is 1. The summed E-state index contributed by atoms with van der Waals surface area (Å²) >= 11 is 3.33. The first-order valence-corrected chi connectivity index (χ1v) is 8.92. The highest BCUT2D eigenvalue weighted by molar-refractivity contribution is 9.08. The maximum atomic E-state index is 12.4. The van der Waals surface area contributed by atoms with E-state index in [1.54, 1.807) is 43.5 Å². The van der Waals surface area contributed by atoms with Crippen molar-refractivity contribution in [2.75, 3.05) is 11.8 Å². The summed E-state index contributed by atoms with van der Waals surface area (Å²) in [4.78, 5) is 0.236. The van der Waals surface area contributed by atoms with Crippen molar-refractivity contribution in [1.82, 2.24) is 0 Å². The quantitative estimate of drug-likeness (QED) is 0.792. The Balaban J connectivity index is 2.28. The second-order valence-corrected chi connectivity index (χ2v) is 6.72. The highest BCUT2D eigenvalue weighted by Gasteiger charge is 2.15. The van der Waals surface area contributed by atoms with Gasteiger partial charge in [0.05, 0.1) is 17.2 Å². The molecule has 0 fully saturated rings. The first-order chi connectivity index (χ1) is 10.1. The molecule has 0 aliphatic rings. The molecule has 0 heterocycles. The van der Waals surface area contributed by atoms with E-state index in [1.807, 2.05) is 12.1 Å². The van der Waals surface area contributed by atoms with Crippen molar-refractivity contribution in [2.24, 2.45) is 0 Å². The summed E-state index contributed by atoms with van der Waals surface area (Å²) in [5, 5.41) is 0.692. The zero-order valence-electron chi connectivity index (χ0n) is 11.5. The van der Waals surface area contributed by atoms with Gasteiger partial charge in [-0.2, -0.15) is 0 Å². The fourth-order valence-corrected chi connectivity index (χ4v) is 3.34. The SMILES string of the molecule is COCc1ccccc1NS(=O)(=O)c1ccc(CBr)cc1. The van der Waals surface area contributed by atoms with Gasteiger partial charge >= 0.3 is 0 Å². The van der Waals surface area contributed by atoms with Crippen LogP contribution >= 0.6 is 15.9 Å². The third kappa shape index (κ3) is 4.06. The molecule has 0 spiro atoms. The Labute approximate surface area is 133 Å². The minimum absolute atomic E-state index is 0.236. The number of alkyl halides is 1. The van der Waals surface area contributed by atoms with Crippen LogP contribution in [-0.2, 0) is 26.7 Å². The van der Waals surface area contributed by atoms with Crippen LogP contribution in [0.4, 0.5) is 5.69 Å². The van der Waals surface area contributed by atoms with Crippen molar-refractivity contribution in [3.05, 3.63) is 59.7 Å². The number of nitrogens with one attached hydrogen (secondary N) is 1. The number of sulfonamides is 1. The lowest BCUT2D eigenvalue weighted by Gasteiger charge is -2.12. The number of para-hydroxylation sites is 1. The molecule has 4 nitrogen and oxygen atoms in total. The van der Waals surface area contributed by atoms with E-state index < -0.39 is 10.0 Å².